The number of fused-ring (bicyclic) bond motifs is 1. The van der Waals surface area contributed by atoms with E-state index in [0.29, 0.717) is 59.1 Å². The first-order valence-corrected chi connectivity index (χ1v) is 8.84. The molecule has 138 valence electrons. The lowest BCUT2D eigenvalue weighted by Crippen LogP contribution is -2.16. The van der Waals surface area contributed by atoms with Crippen LogP contribution in [0, 0.1) is 0 Å². The summed E-state index contributed by atoms with van der Waals surface area (Å²) in [5, 5.41) is 7.29. The van der Waals surface area contributed by atoms with Crippen LogP contribution in [0.4, 0.5) is 5.69 Å². The first-order valence-electron chi connectivity index (χ1n) is 8.46. The van der Waals surface area contributed by atoms with Crippen molar-refractivity contribution in [1.82, 2.24) is 10.1 Å². The summed E-state index contributed by atoms with van der Waals surface area (Å²) >= 11 is 6.13. The van der Waals surface area contributed by atoms with Crippen LogP contribution >= 0.6 is 11.6 Å². The van der Waals surface area contributed by atoms with Gasteiger partial charge in [-0.25, -0.2) is 0 Å². The average molecular weight is 386 g/mol. The molecule has 3 aromatic rings. The van der Waals surface area contributed by atoms with Crippen molar-refractivity contribution in [2.75, 3.05) is 18.5 Å². The summed E-state index contributed by atoms with van der Waals surface area (Å²) < 4.78 is 16.2. The minimum atomic E-state index is -0.163. The first kappa shape index (κ1) is 17.4. The molecule has 8 heteroatoms. The Morgan fingerprint density at radius 1 is 1.11 bits per heavy atom. The highest BCUT2D eigenvalue weighted by Crippen LogP contribution is 2.32. The Morgan fingerprint density at radius 3 is 2.78 bits per heavy atom. The van der Waals surface area contributed by atoms with Crippen molar-refractivity contribution < 1.29 is 18.8 Å². The van der Waals surface area contributed by atoms with Gasteiger partial charge < -0.3 is 19.3 Å². The predicted molar refractivity (Wildman–Crippen MR) is 99.1 cm³/mol. The highest BCUT2D eigenvalue weighted by molar-refractivity contribution is 6.33. The second-order valence-corrected chi connectivity index (χ2v) is 6.31. The SMILES string of the molecule is O=C(CCc1nc(-c2ccccc2Cl)no1)Nc1ccc2c(c1)OCCO2. The zero-order chi connectivity index (χ0) is 18.6. The van der Waals surface area contributed by atoms with Gasteiger partial charge >= 0.3 is 0 Å². The van der Waals surface area contributed by atoms with Crippen LogP contribution in [0.2, 0.25) is 5.02 Å². The van der Waals surface area contributed by atoms with E-state index in [1.807, 2.05) is 18.2 Å². The number of carbonyl (C=O) groups excluding carboxylic acids is 1. The van der Waals surface area contributed by atoms with E-state index in [-0.39, 0.29) is 12.3 Å². The molecular formula is C19H16ClN3O4. The maximum absolute atomic E-state index is 12.2. The number of aryl methyl sites for hydroxylation is 1. The summed E-state index contributed by atoms with van der Waals surface area (Å²) in [5.74, 6) is 1.92. The van der Waals surface area contributed by atoms with E-state index < -0.39 is 0 Å². The summed E-state index contributed by atoms with van der Waals surface area (Å²) in [6.07, 6.45) is 0.534. The molecule has 0 aliphatic carbocycles. The molecule has 2 heterocycles. The number of rotatable bonds is 5. The number of amides is 1. The Kier molecular flexibility index (Phi) is 4.93. The molecule has 2 aromatic carbocycles. The van der Waals surface area contributed by atoms with Crippen LogP contribution in [0.3, 0.4) is 0 Å². The van der Waals surface area contributed by atoms with Gasteiger partial charge in [-0.05, 0) is 24.3 Å². The third kappa shape index (κ3) is 4.03. The highest BCUT2D eigenvalue weighted by atomic mass is 35.5. The molecule has 1 amide bonds. The Hall–Kier alpha value is -3.06. The van der Waals surface area contributed by atoms with Crippen LogP contribution in [0.15, 0.2) is 47.0 Å². The number of nitrogens with one attached hydrogen (secondary N) is 1. The molecule has 0 saturated carbocycles. The Balaban J connectivity index is 1.35. The smallest absolute Gasteiger partial charge is 0.227 e. The van der Waals surface area contributed by atoms with Crippen molar-refractivity contribution in [1.29, 1.82) is 0 Å². The van der Waals surface area contributed by atoms with Gasteiger partial charge in [-0.15, -0.1) is 0 Å². The predicted octanol–water partition coefficient (Wildman–Crippen LogP) is 3.73. The molecule has 27 heavy (non-hydrogen) atoms. The largest absolute Gasteiger partial charge is 0.486 e. The molecule has 0 radical (unpaired) electrons. The molecule has 0 saturated heterocycles. The second-order valence-electron chi connectivity index (χ2n) is 5.90. The lowest BCUT2D eigenvalue weighted by molar-refractivity contribution is -0.116. The topological polar surface area (TPSA) is 86.5 Å². The summed E-state index contributed by atoms with van der Waals surface area (Å²) in [4.78, 5) is 16.5. The van der Waals surface area contributed by atoms with Crippen molar-refractivity contribution in [3.8, 4) is 22.9 Å². The van der Waals surface area contributed by atoms with E-state index in [2.05, 4.69) is 15.5 Å². The number of carbonyl (C=O) groups is 1. The Bertz CT molecular complexity index is 973. The molecule has 0 unspecified atom stereocenters. The van der Waals surface area contributed by atoms with E-state index in [4.69, 9.17) is 25.6 Å². The normalized spacial score (nSPS) is 12.6. The number of ether oxygens (including phenoxy) is 2. The van der Waals surface area contributed by atoms with E-state index in [0.717, 1.165) is 0 Å². The fraction of sp³-hybridized carbons (Fsp3) is 0.211. The summed E-state index contributed by atoms with van der Waals surface area (Å²) in [6, 6.07) is 12.5. The van der Waals surface area contributed by atoms with E-state index >= 15 is 0 Å². The third-order valence-corrected chi connectivity index (χ3v) is 4.30. The lowest BCUT2D eigenvalue weighted by atomic mass is 10.2. The van der Waals surface area contributed by atoms with Crippen LogP contribution in [0.25, 0.3) is 11.4 Å². The lowest BCUT2D eigenvalue weighted by Gasteiger charge is -2.18. The Morgan fingerprint density at radius 2 is 1.93 bits per heavy atom. The second kappa shape index (κ2) is 7.67. The quantitative estimate of drug-likeness (QED) is 0.720. The molecule has 1 aliphatic heterocycles. The summed E-state index contributed by atoms with van der Waals surface area (Å²) in [7, 11) is 0. The maximum Gasteiger partial charge on any atom is 0.227 e. The standard InChI is InChI=1S/C19H16ClN3O4/c20-14-4-2-1-3-13(14)19-22-18(27-23-19)8-7-17(24)21-12-5-6-15-16(11-12)26-10-9-25-15/h1-6,11H,7-10H2,(H,21,24). The zero-order valence-corrected chi connectivity index (χ0v) is 15.0. The van der Waals surface area contributed by atoms with E-state index in [1.165, 1.54) is 0 Å². The number of hydrogen-bond acceptors (Lipinski definition) is 6. The summed E-state index contributed by atoms with van der Waals surface area (Å²) in [5.41, 5.74) is 1.33. The number of benzene rings is 2. The summed E-state index contributed by atoms with van der Waals surface area (Å²) in [6.45, 7) is 1.02. The van der Waals surface area contributed by atoms with Crippen molar-refractivity contribution in [2.45, 2.75) is 12.8 Å². The highest BCUT2D eigenvalue weighted by Gasteiger charge is 2.15. The van der Waals surface area contributed by atoms with Gasteiger partial charge in [0.25, 0.3) is 0 Å². The number of nitrogens with zero attached hydrogens (tertiary/aromatic N) is 2. The molecule has 0 spiro atoms. The van der Waals surface area contributed by atoms with Gasteiger partial charge in [0.2, 0.25) is 17.6 Å². The van der Waals surface area contributed by atoms with Crippen molar-refractivity contribution in [2.24, 2.45) is 0 Å². The zero-order valence-electron chi connectivity index (χ0n) is 14.3. The molecule has 1 aromatic heterocycles. The molecule has 1 aliphatic rings. The minimum absolute atomic E-state index is 0.163. The van der Waals surface area contributed by atoms with Crippen LogP contribution in [-0.4, -0.2) is 29.3 Å². The van der Waals surface area contributed by atoms with Gasteiger partial charge in [0.15, 0.2) is 11.5 Å². The fourth-order valence-corrected chi connectivity index (χ4v) is 2.89. The molecule has 0 atom stereocenters. The average Bonchev–Trinajstić information content (AvgIpc) is 3.15. The van der Waals surface area contributed by atoms with E-state index in [1.54, 1.807) is 24.3 Å². The fourth-order valence-electron chi connectivity index (χ4n) is 2.67. The monoisotopic (exact) mass is 385 g/mol. The molecule has 0 fully saturated rings. The van der Waals surface area contributed by atoms with Gasteiger partial charge in [-0.1, -0.05) is 28.9 Å². The van der Waals surface area contributed by atoms with Crippen molar-refractivity contribution in [3.63, 3.8) is 0 Å². The number of hydrogen-bond donors (Lipinski definition) is 1. The van der Waals surface area contributed by atoms with Crippen LogP contribution in [0.1, 0.15) is 12.3 Å². The number of aromatic nitrogens is 2. The minimum Gasteiger partial charge on any atom is -0.486 e. The molecule has 7 nitrogen and oxygen atoms in total. The first-order chi connectivity index (χ1) is 13.2. The van der Waals surface area contributed by atoms with Gasteiger partial charge in [0, 0.05) is 30.2 Å². The molecule has 1 N–H and O–H groups in total. The Labute approximate surface area is 160 Å². The van der Waals surface area contributed by atoms with Crippen molar-refractivity contribution >= 4 is 23.2 Å². The number of halogens is 1. The molecule has 0 bridgehead atoms. The van der Waals surface area contributed by atoms with Crippen molar-refractivity contribution in [3.05, 3.63) is 53.4 Å². The number of anilines is 1. The van der Waals surface area contributed by atoms with Gasteiger partial charge in [-0.2, -0.15) is 4.98 Å². The van der Waals surface area contributed by atoms with Crippen LogP contribution < -0.4 is 14.8 Å². The van der Waals surface area contributed by atoms with Crippen LogP contribution in [-0.2, 0) is 11.2 Å². The van der Waals surface area contributed by atoms with Gasteiger partial charge in [0.05, 0.1) is 5.02 Å². The van der Waals surface area contributed by atoms with Crippen LogP contribution in [0.5, 0.6) is 11.5 Å². The maximum atomic E-state index is 12.2. The third-order valence-electron chi connectivity index (χ3n) is 3.97. The van der Waals surface area contributed by atoms with E-state index in [9.17, 15) is 4.79 Å². The molecular weight excluding hydrogens is 370 g/mol. The molecule has 4 rings (SSSR count). The van der Waals surface area contributed by atoms with Gasteiger partial charge in [-0.3, -0.25) is 4.79 Å². The van der Waals surface area contributed by atoms with Gasteiger partial charge in [0.1, 0.15) is 13.2 Å².